The van der Waals surface area contributed by atoms with Crippen LogP contribution in [0.2, 0.25) is 0 Å². The number of nitriles is 1. The molecule has 0 amide bonds. The quantitative estimate of drug-likeness (QED) is 0.456. The lowest BCUT2D eigenvalue weighted by molar-refractivity contribution is 0.321. The second kappa shape index (κ2) is 6.84. The number of unbranched alkanes of at least 4 members (excludes halogenated alkanes) is 1. The lowest BCUT2D eigenvalue weighted by Crippen LogP contribution is -1.82. The Morgan fingerprint density at radius 1 is 1.75 bits per heavy atom. The molecule has 0 spiro atoms. The van der Waals surface area contributed by atoms with E-state index in [1.54, 1.807) is 0 Å². The van der Waals surface area contributed by atoms with E-state index in [0.29, 0.717) is 19.4 Å². The van der Waals surface area contributed by atoms with E-state index in [1.165, 1.54) is 0 Å². The zero-order valence-corrected chi connectivity index (χ0v) is 5.42. The zero-order chi connectivity index (χ0) is 6.24. The lowest BCUT2D eigenvalue weighted by Gasteiger charge is -1.92. The maximum absolute atomic E-state index is 8.09. The molecule has 0 heterocycles. The van der Waals surface area contributed by atoms with E-state index >= 15 is 0 Å². The molecular weight excluding hydrogens is 125 g/mol. The molecule has 0 rings (SSSR count). The molecule has 0 aromatic heterocycles. The molecule has 0 aromatic rings. The van der Waals surface area contributed by atoms with Gasteiger partial charge in [0.05, 0.1) is 12.7 Å². The van der Waals surface area contributed by atoms with Crippen molar-refractivity contribution in [2.45, 2.75) is 12.8 Å². The summed E-state index contributed by atoms with van der Waals surface area (Å²) in [6.45, 7) is 0.489. The van der Waals surface area contributed by atoms with E-state index in [0.717, 1.165) is 0 Å². The molecule has 0 radical (unpaired) electrons. The first-order valence-corrected chi connectivity index (χ1v) is 3.15. The normalized spacial score (nSPS) is 10.0. The zero-order valence-electron chi connectivity index (χ0n) is 4.42. The van der Waals surface area contributed by atoms with Gasteiger partial charge in [-0.25, -0.2) is 0 Å². The monoisotopic (exact) mass is 133 g/mol. The fraction of sp³-hybridized carbons (Fsp3) is 0.750. The minimum atomic E-state index is -0.440. The largest absolute Gasteiger partial charge is 0.352 e. The first kappa shape index (κ1) is 7.84. The Labute approximate surface area is 50.2 Å². The third-order valence-electron chi connectivity index (χ3n) is 0.600. The fourth-order valence-corrected chi connectivity index (χ4v) is 0.505. The van der Waals surface area contributed by atoms with Gasteiger partial charge >= 0.3 is 0 Å². The van der Waals surface area contributed by atoms with E-state index in [2.05, 4.69) is 4.52 Å². The average Bonchev–Trinajstić information content (AvgIpc) is 1.81. The van der Waals surface area contributed by atoms with Crippen LogP contribution in [0.1, 0.15) is 12.8 Å². The fourth-order valence-electron chi connectivity index (χ4n) is 0.269. The van der Waals surface area contributed by atoms with Gasteiger partial charge in [0.1, 0.15) is 0 Å². The van der Waals surface area contributed by atoms with Gasteiger partial charge in [-0.15, -0.1) is 0 Å². The summed E-state index contributed by atoms with van der Waals surface area (Å²) in [6, 6.07) is 1.97. The summed E-state index contributed by atoms with van der Waals surface area (Å²) in [5.41, 5.74) is 0. The summed E-state index contributed by atoms with van der Waals surface area (Å²) >= 11 is 0. The van der Waals surface area contributed by atoms with E-state index in [9.17, 15) is 0 Å². The van der Waals surface area contributed by atoms with Gasteiger partial charge in [-0.2, -0.15) is 5.26 Å². The SMILES string of the molecule is N#CCCCOPO. The number of rotatable bonds is 4. The van der Waals surface area contributed by atoms with Crippen LogP contribution >= 0.6 is 9.03 Å². The standard InChI is InChI=1S/C4H8NO2P/c5-3-1-2-4-7-8-6/h6,8H,1-2,4H2. The van der Waals surface area contributed by atoms with Crippen molar-refractivity contribution in [1.29, 1.82) is 5.26 Å². The first-order valence-electron chi connectivity index (χ1n) is 2.29. The van der Waals surface area contributed by atoms with Crippen molar-refractivity contribution in [1.82, 2.24) is 0 Å². The second-order valence-corrected chi connectivity index (χ2v) is 1.67. The highest BCUT2D eigenvalue weighted by molar-refractivity contribution is 7.24. The van der Waals surface area contributed by atoms with Crippen LogP contribution in [0, 0.1) is 11.3 Å². The van der Waals surface area contributed by atoms with Gasteiger partial charge in [0.25, 0.3) is 0 Å². The molecule has 0 saturated carbocycles. The van der Waals surface area contributed by atoms with Crippen LogP contribution in [-0.2, 0) is 4.52 Å². The highest BCUT2D eigenvalue weighted by Gasteiger charge is 1.83. The van der Waals surface area contributed by atoms with Crippen LogP contribution in [0.3, 0.4) is 0 Å². The predicted octanol–water partition coefficient (Wildman–Crippen LogP) is 0.808. The molecule has 0 bridgehead atoms. The second-order valence-electron chi connectivity index (χ2n) is 1.20. The highest BCUT2D eigenvalue weighted by Crippen LogP contribution is 2.03. The molecule has 8 heavy (non-hydrogen) atoms. The van der Waals surface area contributed by atoms with Crippen LogP contribution in [0.5, 0.6) is 0 Å². The van der Waals surface area contributed by atoms with Gasteiger partial charge in [0.15, 0.2) is 9.03 Å². The molecule has 0 aliphatic carbocycles. The van der Waals surface area contributed by atoms with Gasteiger partial charge in [-0.1, -0.05) is 0 Å². The number of hydrogen-bond acceptors (Lipinski definition) is 3. The summed E-state index contributed by atoms with van der Waals surface area (Å²) in [4.78, 5) is 8.09. The Bertz CT molecular complexity index is 80.6. The predicted molar refractivity (Wildman–Crippen MR) is 31.3 cm³/mol. The molecule has 46 valence electrons. The van der Waals surface area contributed by atoms with E-state index < -0.39 is 9.03 Å². The van der Waals surface area contributed by atoms with Crippen molar-refractivity contribution in [2.24, 2.45) is 0 Å². The lowest BCUT2D eigenvalue weighted by atomic mass is 10.4. The van der Waals surface area contributed by atoms with Crippen LogP contribution in [0.4, 0.5) is 0 Å². The third kappa shape index (κ3) is 5.84. The van der Waals surface area contributed by atoms with Crippen molar-refractivity contribution in [2.75, 3.05) is 6.61 Å². The molecule has 0 aromatic carbocycles. The number of hydrogen-bond donors (Lipinski definition) is 1. The number of nitrogens with zero attached hydrogens (tertiary/aromatic N) is 1. The maximum Gasteiger partial charge on any atom is 0.152 e. The van der Waals surface area contributed by atoms with Crippen molar-refractivity contribution in [3.8, 4) is 6.07 Å². The molecule has 1 unspecified atom stereocenters. The van der Waals surface area contributed by atoms with Crippen LogP contribution in [-0.4, -0.2) is 11.5 Å². The molecule has 1 atom stereocenters. The molecule has 3 nitrogen and oxygen atoms in total. The van der Waals surface area contributed by atoms with Gasteiger partial charge in [-0.3, -0.25) is 0 Å². The Hall–Kier alpha value is -0.160. The van der Waals surface area contributed by atoms with E-state index in [4.69, 9.17) is 10.2 Å². The van der Waals surface area contributed by atoms with Gasteiger partial charge < -0.3 is 9.42 Å². The first-order chi connectivity index (χ1) is 3.91. The smallest absolute Gasteiger partial charge is 0.152 e. The summed E-state index contributed by atoms with van der Waals surface area (Å²) in [5.74, 6) is 0. The Morgan fingerprint density at radius 3 is 3.00 bits per heavy atom. The maximum atomic E-state index is 8.09. The van der Waals surface area contributed by atoms with Crippen molar-refractivity contribution in [3.63, 3.8) is 0 Å². The van der Waals surface area contributed by atoms with Crippen molar-refractivity contribution < 1.29 is 9.42 Å². The van der Waals surface area contributed by atoms with Gasteiger partial charge in [-0.05, 0) is 6.42 Å². The Morgan fingerprint density at radius 2 is 2.50 bits per heavy atom. The molecule has 0 aliphatic heterocycles. The molecular formula is C4H8NO2P. The Balaban J connectivity index is 2.65. The van der Waals surface area contributed by atoms with Crippen molar-refractivity contribution in [3.05, 3.63) is 0 Å². The highest BCUT2D eigenvalue weighted by atomic mass is 31.1. The molecule has 0 saturated heterocycles. The molecule has 4 heteroatoms. The van der Waals surface area contributed by atoms with Crippen LogP contribution in [0.15, 0.2) is 0 Å². The summed E-state index contributed by atoms with van der Waals surface area (Å²) in [6.07, 6.45) is 1.22. The molecule has 1 N–H and O–H groups in total. The molecule has 0 fully saturated rings. The van der Waals surface area contributed by atoms with Crippen molar-refractivity contribution >= 4 is 9.03 Å². The van der Waals surface area contributed by atoms with Crippen LogP contribution in [0.25, 0.3) is 0 Å². The Kier molecular flexibility index (Phi) is 6.70. The summed E-state index contributed by atoms with van der Waals surface area (Å²) < 4.78 is 4.57. The summed E-state index contributed by atoms with van der Waals surface area (Å²) in [7, 11) is -0.440. The topological polar surface area (TPSA) is 53.2 Å². The van der Waals surface area contributed by atoms with E-state index in [-0.39, 0.29) is 0 Å². The third-order valence-corrected chi connectivity index (χ3v) is 0.933. The summed E-state index contributed by atoms with van der Waals surface area (Å²) in [5, 5.41) is 8.00. The minimum absolute atomic E-state index is 0.440. The minimum Gasteiger partial charge on any atom is -0.352 e. The molecule has 0 aliphatic rings. The van der Waals surface area contributed by atoms with Crippen LogP contribution < -0.4 is 0 Å². The van der Waals surface area contributed by atoms with Gasteiger partial charge in [0.2, 0.25) is 0 Å². The van der Waals surface area contributed by atoms with E-state index in [1.807, 2.05) is 6.07 Å². The average molecular weight is 133 g/mol. The van der Waals surface area contributed by atoms with Gasteiger partial charge in [0, 0.05) is 6.42 Å².